The van der Waals surface area contributed by atoms with Crippen LogP contribution in [0.4, 0.5) is 0 Å². The van der Waals surface area contributed by atoms with Crippen molar-refractivity contribution in [2.24, 2.45) is 0 Å². The monoisotopic (exact) mass is 553 g/mol. The number of nitrogens with zero attached hydrogens (tertiary/aromatic N) is 2. The first-order valence-corrected chi connectivity index (χ1v) is 13.7. The van der Waals surface area contributed by atoms with Crippen LogP contribution in [0.25, 0.3) is 0 Å². The van der Waals surface area contributed by atoms with Gasteiger partial charge in [0.2, 0.25) is 0 Å². The van der Waals surface area contributed by atoms with Crippen molar-refractivity contribution in [3.8, 4) is 11.5 Å². The fourth-order valence-corrected chi connectivity index (χ4v) is 5.30. The van der Waals surface area contributed by atoms with Crippen LogP contribution in [-0.2, 0) is 12.8 Å². The van der Waals surface area contributed by atoms with Crippen LogP contribution in [0.15, 0.2) is 48.8 Å². The molecular formula is C29H29Cl2N3O4. The van der Waals surface area contributed by atoms with Crippen molar-refractivity contribution < 1.29 is 19.1 Å². The van der Waals surface area contributed by atoms with E-state index in [2.05, 4.69) is 15.3 Å². The third-order valence-electron chi connectivity index (χ3n) is 6.86. The van der Waals surface area contributed by atoms with Crippen LogP contribution in [-0.4, -0.2) is 46.8 Å². The number of carbonyl (C=O) groups is 2. The average Bonchev–Trinajstić information content (AvgIpc) is 3.62. The van der Waals surface area contributed by atoms with E-state index in [0.717, 1.165) is 43.5 Å². The van der Waals surface area contributed by atoms with Gasteiger partial charge in [0.1, 0.15) is 35.3 Å². The molecule has 0 amide bonds. The van der Waals surface area contributed by atoms with E-state index in [1.54, 1.807) is 18.2 Å². The van der Waals surface area contributed by atoms with E-state index in [-0.39, 0.29) is 48.0 Å². The fourth-order valence-electron chi connectivity index (χ4n) is 4.81. The molecule has 1 atom stereocenters. The molecule has 3 aromatic rings. The summed E-state index contributed by atoms with van der Waals surface area (Å²) in [6.45, 7) is 1.71. The van der Waals surface area contributed by atoms with Gasteiger partial charge in [-0.1, -0.05) is 35.3 Å². The van der Waals surface area contributed by atoms with E-state index in [4.69, 9.17) is 32.7 Å². The highest BCUT2D eigenvalue weighted by molar-refractivity contribution is 6.32. The molecule has 1 saturated heterocycles. The number of carbonyl (C=O) groups excluding carboxylic acids is 2. The second-order valence-corrected chi connectivity index (χ2v) is 10.6. The van der Waals surface area contributed by atoms with Crippen molar-refractivity contribution in [3.63, 3.8) is 0 Å². The Balaban J connectivity index is 1.20. The molecule has 2 aliphatic rings. The molecule has 198 valence electrons. The summed E-state index contributed by atoms with van der Waals surface area (Å²) in [7, 11) is 0. The van der Waals surface area contributed by atoms with E-state index in [1.165, 1.54) is 25.2 Å². The molecule has 7 nitrogen and oxygen atoms in total. The molecule has 0 bridgehead atoms. The first-order valence-electron chi connectivity index (χ1n) is 12.9. The summed E-state index contributed by atoms with van der Waals surface area (Å²) in [6, 6.07) is 12.2. The Morgan fingerprint density at radius 3 is 1.84 bits per heavy atom. The van der Waals surface area contributed by atoms with Crippen LogP contribution in [0.1, 0.15) is 64.2 Å². The molecule has 1 saturated carbocycles. The molecular weight excluding hydrogens is 525 g/mol. The largest absolute Gasteiger partial charge is 0.489 e. The van der Waals surface area contributed by atoms with Crippen molar-refractivity contribution in [2.45, 2.75) is 57.2 Å². The molecule has 0 spiro atoms. The normalized spacial score (nSPS) is 17.5. The summed E-state index contributed by atoms with van der Waals surface area (Å²) in [4.78, 5) is 34.1. The average molecular weight is 554 g/mol. The highest BCUT2D eigenvalue weighted by atomic mass is 35.5. The van der Waals surface area contributed by atoms with Crippen LogP contribution in [0, 0.1) is 0 Å². The lowest BCUT2D eigenvalue weighted by Gasteiger charge is -2.15. The van der Waals surface area contributed by atoms with Crippen molar-refractivity contribution >= 4 is 34.8 Å². The highest BCUT2D eigenvalue weighted by Crippen LogP contribution is 2.31. The van der Waals surface area contributed by atoms with E-state index in [0.29, 0.717) is 21.5 Å². The van der Waals surface area contributed by atoms with Gasteiger partial charge < -0.3 is 14.8 Å². The van der Waals surface area contributed by atoms with E-state index in [9.17, 15) is 9.59 Å². The zero-order valence-electron chi connectivity index (χ0n) is 20.9. The van der Waals surface area contributed by atoms with Crippen molar-refractivity contribution in [1.82, 2.24) is 15.3 Å². The molecule has 1 aromatic heterocycles. The molecule has 1 aliphatic carbocycles. The number of rotatable bonds is 10. The Morgan fingerprint density at radius 1 is 0.789 bits per heavy atom. The lowest BCUT2D eigenvalue weighted by Crippen LogP contribution is -2.19. The standard InChI is InChI=1S/C29H29Cl2N3O4/c30-22-11-18(5-7-28(22)37-20-3-1-2-4-20)13-26(35)24-15-25(34-17-33-24)27(36)14-19-6-8-29(23(31)12-19)38-21-9-10-32-16-21/h5-8,11-12,15,17,20-21,32H,1-4,9-10,13-14,16H2/t21-/m1/s1. The maximum atomic E-state index is 12.9. The molecule has 1 N–H and O–H groups in total. The van der Waals surface area contributed by atoms with Gasteiger partial charge >= 0.3 is 0 Å². The number of Topliss-reactive ketones (excluding diaryl/α,β-unsaturated/α-hetero) is 2. The Kier molecular flexibility index (Phi) is 8.57. The molecule has 1 aliphatic heterocycles. The predicted molar refractivity (Wildman–Crippen MR) is 146 cm³/mol. The molecule has 2 heterocycles. The number of aromatic nitrogens is 2. The van der Waals surface area contributed by atoms with Gasteiger partial charge in [-0.2, -0.15) is 0 Å². The molecule has 0 radical (unpaired) electrons. The second-order valence-electron chi connectivity index (χ2n) is 9.77. The van der Waals surface area contributed by atoms with E-state index in [1.807, 2.05) is 18.2 Å². The number of ketones is 2. The third-order valence-corrected chi connectivity index (χ3v) is 7.46. The maximum absolute atomic E-state index is 12.9. The van der Waals surface area contributed by atoms with Crippen LogP contribution >= 0.6 is 23.2 Å². The minimum Gasteiger partial charge on any atom is -0.489 e. The number of hydrogen-bond acceptors (Lipinski definition) is 7. The summed E-state index contributed by atoms with van der Waals surface area (Å²) in [5.74, 6) is 0.778. The quantitative estimate of drug-likeness (QED) is 0.322. The lowest BCUT2D eigenvalue weighted by atomic mass is 10.0. The van der Waals surface area contributed by atoms with Crippen LogP contribution < -0.4 is 14.8 Å². The third kappa shape index (κ3) is 6.70. The van der Waals surface area contributed by atoms with Gasteiger partial charge in [0.05, 0.1) is 16.1 Å². The zero-order chi connectivity index (χ0) is 26.5. The van der Waals surface area contributed by atoms with E-state index < -0.39 is 0 Å². The van der Waals surface area contributed by atoms with Crippen LogP contribution in [0.5, 0.6) is 11.5 Å². The topological polar surface area (TPSA) is 90.4 Å². The fraction of sp³-hybridized carbons (Fsp3) is 0.379. The first kappa shape index (κ1) is 26.6. The minimum atomic E-state index is -0.234. The zero-order valence-corrected chi connectivity index (χ0v) is 22.4. The van der Waals surface area contributed by atoms with Gasteiger partial charge in [0.25, 0.3) is 0 Å². The number of halogens is 2. The molecule has 2 fully saturated rings. The number of nitrogens with one attached hydrogen (secondary N) is 1. The molecule has 2 aromatic carbocycles. The van der Waals surface area contributed by atoms with Crippen molar-refractivity contribution in [1.29, 1.82) is 0 Å². The van der Waals surface area contributed by atoms with Crippen LogP contribution in [0.3, 0.4) is 0 Å². The summed E-state index contributed by atoms with van der Waals surface area (Å²) >= 11 is 12.8. The predicted octanol–water partition coefficient (Wildman–Crippen LogP) is 5.70. The SMILES string of the molecule is O=C(Cc1ccc(OC2CCCC2)c(Cl)c1)c1cc(C(=O)Cc2ccc(O[C@@H]3CCNC3)c(Cl)c2)ncn1. The van der Waals surface area contributed by atoms with Crippen molar-refractivity contribution in [3.05, 3.63) is 81.4 Å². The van der Waals surface area contributed by atoms with E-state index >= 15 is 0 Å². The first-order chi connectivity index (χ1) is 18.4. The smallest absolute Gasteiger partial charge is 0.185 e. The van der Waals surface area contributed by atoms with Gasteiger partial charge in [-0.25, -0.2) is 9.97 Å². The lowest BCUT2D eigenvalue weighted by molar-refractivity contribution is 0.0987. The van der Waals surface area contributed by atoms with Gasteiger partial charge in [-0.15, -0.1) is 0 Å². The summed E-state index contributed by atoms with van der Waals surface area (Å²) in [5.41, 5.74) is 1.83. The Labute approximate surface area is 231 Å². The van der Waals surface area contributed by atoms with Crippen LogP contribution in [0.2, 0.25) is 10.0 Å². The molecule has 38 heavy (non-hydrogen) atoms. The Hall–Kier alpha value is -3.00. The maximum Gasteiger partial charge on any atom is 0.185 e. The van der Waals surface area contributed by atoms with Gasteiger partial charge in [0.15, 0.2) is 11.6 Å². The Morgan fingerprint density at radius 2 is 1.34 bits per heavy atom. The van der Waals surface area contributed by atoms with Gasteiger partial charge in [-0.3, -0.25) is 9.59 Å². The second kappa shape index (κ2) is 12.2. The van der Waals surface area contributed by atoms with Gasteiger partial charge in [0, 0.05) is 19.4 Å². The summed E-state index contributed by atoms with van der Waals surface area (Å²) in [5, 5.41) is 4.19. The number of hydrogen-bond donors (Lipinski definition) is 1. The molecule has 9 heteroatoms. The summed E-state index contributed by atoms with van der Waals surface area (Å²) < 4.78 is 11.9. The number of benzene rings is 2. The molecule has 5 rings (SSSR count). The minimum absolute atomic E-state index is 0.0910. The summed E-state index contributed by atoms with van der Waals surface area (Å²) in [6.07, 6.45) is 7.08. The highest BCUT2D eigenvalue weighted by Gasteiger charge is 2.20. The van der Waals surface area contributed by atoms with Gasteiger partial charge in [-0.05, 0) is 80.1 Å². The van der Waals surface area contributed by atoms with Crippen molar-refractivity contribution in [2.75, 3.05) is 13.1 Å². The molecule has 0 unspecified atom stereocenters. The Bertz CT molecular complexity index is 1220. The number of ether oxygens (including phenoxy) is 2.